The topological polar surface area (TPSA) is 42.8 Å². The number of hydrogen-bond donors (Lipinski definition) is 1. The highest BCUT2D eigenvalue weighted by atomic mass is 16.5. The molecule has 4 nitrogen and oxygen atoms in total. The Morgan fingerprint density at radius 3 is 2.62 bits per heavy atom. The van der Waals surface area contributed by atoms with Gasteiger partial charge in [0.25, 0.3) is 0 Å². The summed E-state index contributed by atoms with van der Waals surface area (Å²) in [6, 6.07) is 5.71. The first-order valence-corrected chi connectivity index (χ1v) is 5.41. The second-order valence-corrected chi connectivity index (χ2v) is 3.05. The number of benzene rings is 1. The Bertz CT molecular complexity index is 351. The van der Waals surface area contributed by atoms with Crippen LogP contribution in [0.4, 0.5) is 0 Å². The molecule has 0 bridgehead atoms. The van der Waals surface area contributed by atoms with Gasteiger partial charge in [-0.15, -0.1) is 0 Å². The summed E-state index contributed by atoms with van der Waals surface area (Å²) in [5, 5.41) is 3.96. The molecule has 0 amide bonds. The van der Waals surface area contributed by atoms with E-state index >= 15 is 0 Å². The third-order valence-corrected chi connectivity index (χ3v) is 1.93. The van der Waals surface area contributed by atoms with Gasteiger partial charge in [-0.1, -0.05) is 0 Å². The zero-order chi connectivity index (χ0) is 11.8. The quantitative estimate of drug-likeness (QED) is 0.591. The summed E-state index contributed by atoms with van der Waals surface area (Å²) >= 11 is 0. The van der Waals surface area contributed by atoms with Gasteiger partial charge in [-0.2, -0.15) is 5.10 Å². The van der Waals surface area contributed by atoms with Crippen LogP contribution < -0.4 is 14.9 Å². The van der Waals surface area contributed by atoms with E-state index in [1.165, 1.54) is 0 Å². The van der Waals surface area contributed by atoms with E-state index in [-0.39, 0.29) is 0 Å². The third kappa shape index (κ3) is 3.46. The van der Waals surface area contributed by atoms with E-state index in [0.29, 0.717) is 13.2 Å². The first-order valence-electron chi connectivity index (χ1n) is 5.41. The Morgan fingerprint density at radius 1 is 1.25 bits per heavy atom. The minimum Gasteiger partial charge on any atom is -0.494 e. The Labute approximate surface area is 96.3 Å². The van der Waals surface area contributed by atoms with Crippen molar-refractivity contribution in [1.29, 1.82) is 0 Å². The van der Waals surface area contributed by atoms with Crippen molar-refractivity contribution in [2.45, 2.75) is 13.8 Å². The third-order valence-electron chi connectivity index (χ3n) is 1.93. The molecule has 4 heteroatoms. The van der Waals surface area contributed by atoms with Crippen molar-refractivity contribution in [3.63, 3.8) is 0 Å². The minimum atomic E-state index is 0.621. The van der Waals surface area contributed by atoms with Gasteiger partial charge in [0.1, 0.15) is 11.5 Å². The lowest BCUT2D eigenvalue weighted by Crippen LogP contribution is -2.00. The van der Waals surface area contributed by atoms with Crippen LogP contribution in [-0.2, 0) is 0 Å². The predicted octanol–water partition coefficient (Wildman–Crippen LogP) is 2.04. The van der Waals surface area contributed by atoms with Gasteiger partial charge in [-0.3, -0.25) is 0 Å². The maximum atomic E-state index is 5.52. The average molecular weight is 222 g/mol. The van der Waals surface area contributed by atoms with Crippen molar-refractivity contribution in [1.82, 2.24) is 5.43 Å². The number of hydrogen-bond acceptors (Lipinski definition) is 4. The molecule has 1 aromatic rings. The van der Waals surface area contributed by atoms with E-state index in [1.807, 2.05) is 32.0 Å². The fourth-order valence-corrected chi connectivity index (χ4v) is 1.29. The van der Waals surface area contributed by atoms with E-state index in [4.69, 9.17) is 9.47 Å². The van der Waals surface area contributed by atoms with Gasteiger partial charge in [0.15, 0.2) is 0 Å². The monoisotopic (exact) mass is 222 g/mol. The van der Waals surface area contributed by atoms with Crippen LogP contribution in [0.15, 0.2) is 23.3 Å². The number of hydrazone groups is 1. The molecular formula is C12H18N2O2. The van der Waals surface area contributed by atoms with Crippen molar-refractivity contribution in [3.8, 4) is 11.5 Å². The molecule has 0 fully saturated rings. The van der Waals surface area contributed by atoms with Gasteiger partial charge in [-0.25, -0.2) is 0 Å². The summed E-state index contributed by atoms with van der Waals surface area (Å²) < 4.78 is 10.9. The van der Waals surface area contributed by atoms with Crippen LogP contribution in [0.5, 0.6) is 11.5 Å². The number of nitrogens with one attached hydrogen (secondary N) is 1. The first-order chi connectivity index (χ1) is 7.81. The molecule has 0 spiro atoms. The molecule has 0 radical (unpaired) electrons. The summed E-state index contributed by atoms with van der Waals surface area (Å²) in [6.07, 6.45) is 1.72. The molecule has 1 rings (SSSR count). The molecule has 0 aliphatic heterocycles. The van der Waals surface area contributed by atoms with E-state index in [1.54, 1.807) is 13.3 Å². The fraction of sp³-hybridized carbons (Fsp3) is 0.417. The van der Waals surface area contributed by atoms with Crippen molar-refractivity contribution >= 4 is 6.21 Å². The SMILES string of the molecule is CCOc1ccc(/C=N/NC)c(OCC)c1. The zero-order valence-corrected chi connectivity index (χ0v) is 9.99. The molecule has 1 aromatic carbocycles. The minimum absolute atomic E-state index is 0.621. The molecule has 0 aromatic heterocycles. The molecule has 16 heavy (non-hydrogen) atoms. The Morgan fingerprint density at radius 2 is 2.00 bits per heavy atom. The Hall–Kier alpha value is -1.71. The lowest BCUT2D eigenvalue weighted by atomic mass is 10.2. The summed E-state index contributed by atoms with van der Waals surface area (Å²) in [7, 11) is 1.76. The normalized spacial score (nSPS) is 10.4. The summed E-state index contributed by atoms with van der Waals surface area (Å²) in [5.41, 5.74) is 3.64. The second-order valence-electron chi connectivity index (χ2n) is 3.05. The van der Waals surface area contributed by atoms with Crippen LogP contribution >= 0.6 is 0 Å². The predicted molar refractivity (Wildman–Crippen MR) is 65.4 cm³/mol. The van der Waals surface area contributed by atoms with E-state index < -0.39 is 0 Å². The Kier molecular flexibility index (Phi) is 5.19. The number of nitrogens with zero attached hydrogens (tertiary/aromatic N) is 1. The molecule has 0 aliphatic carbocycles. The van der Waals surface area contributed by atoms with Gasteiger partial charge >= 0.3 is 0 Å². The molecule has 0 atom stereocenters. The van der Waals surface area contributed by atoms with Gasteiger partial charge in [0.2, 0.25) is 0 Å². The maximum absolute atomic E-state index is 5.52. The maximum Gasteiger partial charge on any atom is 0.131 e. The van der Waals surface area contributed by atoms with E-state index in [0.717, 1.165) is 17.1 Å². The standard InChI is InChI=1S/C12H18N2O2/c1-4-15-11-7-6-10(9-14-13-3)12(8-11)16-5-2/h6-9,13H,4-5H2,1-3H3/b14-9+. The summed E-state index contributed by atoms with van der Waals surface area (Å²) in [4.78, 5) is 0. The lowest BCUT2D eigenvalue weighted by molar-refractivity contribution is 0.323. The molecule has 88 valence electrons. The summed E-state index contributed by atoms with van der Waals surface area (Å²) in [6.45, 7) is 5.18. The highest BCUT2D eigenvalue weighted by Gasteiger charge is 2.03. The molecule has 0 saturated carbocycles. The van der Waals surface area contributed by atoms with Crippen molar-refractivity contribution in [2.24, 2.45) is 5.10 Å². The molecular weight excluding hydrogens is 204 g/mol. The van der Waals surface area contributed by atoms with Crippen molar-refractivity contribution in [3.05, 3.63) is 23.8 Å². The number of ether oxygens (including phenoxy) is 2. The van der Waals surface area contributed by atoms with Gasteiger partial charge in [-0.05, 0) is 26.0 Å². The van der Waals surface area contributed by atoms with Crippen LogP contribution in [0.1, 0.15) is 19.4 Å². The molecule has 0 aliphatic rings. The van der Waals surface area contributed by atoms with Crippen LogP contribution in [0.3, 0.4) is 0 Å². The van der Waals surface area contributed by atoms with E-state index in [9.17, 15) is 0 Å². The molecule has 0 saturated heterocycles. The van der Waals surface area contributed by atoms with Crippen molar-refractivity contribution in [2.75, 3.05) is 20.3 Å². The van der Waals surface area contributed by atoms with Crippen LogP contribution in [-0.4, -0.2) is 26.5 Å². The zero-order valence-electron chi connectivity index (χ0n) is 9.99. The molecule has 0 unspecified atom stereocenters. The number of rotatable bonds is 6. The molecule has 0 heterocycles. The highest BCUT2D eigenvalue weighted by Crippen LogP contribution is 2.23. The van der Waals surface area contributed by atoms with Gasteiger partial charge < -0.3 is 14.9 Å². The highest BCUT2D eigenvalue weighted by molar-refractivity contribution is 5.83. The molecule has 1 N–H and O–H groups in total. The van der Waals surface area contributed by atoms with Crippen LogP contribution in [0.25, 0.3) is 0 Å². The lowest BCUT2D eigenvalue weighted by Gasteiger charge is -2.09. The van der Waals surface area contributed by atoms with E-state index in [2.05, 4.69) is 10.5 Å². The van der Waals surface area contributed by atoms with Crippen molar-refractivity contribution < 1.29 is 9.47 Å². The fourth-order valence-electron chi connectivity index (χ4n) is 1.29. The van der Waals surface area contributed by atoms with Crippen LogP contribution in [0, 0.1) is 0 Å². The average Bonchev–Trinajstić information content (AvgIpc) is 2.29. The van der Waals surface area contributed by atoms with Gasteiger partial charge in [0, 0.05) is 18.7 Å². The second kappa shape index (κ2) is 6.71. The van der Waals surface area contributed by atoms with Crippen LogP contribution in [0.2, 0.25) is 0 Å². The van der Waals surface area contributed by atoms with Gasteiger partial charge in [0.05, 0.1) is 19.4 Å². The summed E-state index contributed by atoms with van der Waals surface area (Å²) in [5.74, 6) is 1.60. The smallest absolute Gasteiger partial charge is 0.131 e. The first kappa shape index (κ1) is 12.4. The Balaban J connectivity index is 2.93. The largest absolute Gasteiger partial charge is 0.494 e.